The number of amides is 3. The van der Waals surface area contributed by atoms with Gasteiger partial charge in [-0.1, -0.05) is 31.2 Å². The van der Waals surface area contributed by atoms with E-state index in [2.05, 4.69) is 30.0 Å². The number of rotatable bonds is 8. The van der Waals surface area contributed by atoms with Crippen molar-refractivity contribution < 1.29 is 18.7 Å². The average molecular weight is 480 g/mol. The molecule has 1 aromatic carbocycles. The molecule has 1 aliphatic carbocycles. The fourth-order valence-corrected chi connectivity index (χ4v) is 6.14. The molecule has 0 radical (unpaired) electrons. The zero-order valence-corrected chi connectivity index (χ0v) is 21.2. The SMILES string of the molecule is COCCN1C(=O)N(C2Cc3ccccc3C2)C(=O)C12CCN(CCC(C)c1ccc(C)o1)CC2. The van der Waals surface area contributed by atoms with Crippen molar-refractivity contribution >= 4 is 11.9 Å². The molecule has 3 aliphatic rings. The highest BCUT2D eigenvalue weighted by Crippen LogP contribution is 2.40. The maximum Gasteiger partial charge on any atom is 0.328 e. The molecule has 3 heterocycles. The van der Waals surface area contributed by atoms with E-state index in [-0.39, 0.29) is 18.0 Å². The summed E-state index contributed by atoms with van der Waals surface area (Å²) in [4.78, 5) is 33.4. The zero-order chi connectivity index (χ0) is 24.6. The average Bonchev–Trinajstić information content (AvgIpc) is 3.53. The summed E-state index contributed by atoms with van der Waals surface area (Å²) in [5.41, 5.74) is 1.75. The van der Waals surface area contributed by atoms with E-state index >= 15 is 0 Å². The van der Waals surface area contributed by atoms with Crippen LogP contribution in [-0.2, 0) is 22.4 Å². The number of methoxy groups -OCH3 is 1. The Balaban J connectivity index is 1.27. The second-order valence-electron chi connectivity index (χ2n) is 10.4. The van der Waals surface area contributed by atoms with Crippen LogP contribution in [0.3, 0.4) is 0 Å². The molecule has 7 nitrogen and oxygen atoms in total. The molecule has 7 heteroatoms. The highest BCUT2D eigenvalue weighted by molar-refractivity contribution is 6.07. The van der Waals surface area contributed by atoms with Crippen LogP contribution >= 0.6 is 0 Å². The zero-order valence-electron chi connectivity index (χ0n) is 21.2. The number of aryl methyl sites for hydroxylation is 1. The number of piperidine rings is 1. The number of likely N-dealkylation sites (tertiary alicyclic amines) is 1. The van der Waals surface area contributed by atoms with Gasteiger partial charge >= 0.3 is 6.03 Å². The number of carbonyl (C=O) groups is 2. The van der Waals surface area contributed by atoms with Gasteiger partial charge in [0.25, 0.3) is 5.91 Å². The van der Waals surface area contributed by atoms with Gasteiger partial charge in [0, 0.05) is 38.7 Å². The monoisotopic (exact) mass is 479 g/mol. The fourth-order valence-electron chi connectivity index (χ4n) is 6.14. The molecule has 0 N–H and O–H groups in total. The second-order valence-corrected chi connectivity index (χ2v) is 10.4. The highest BCUT2D eigenvalue weighted by atomic mass is 16.5. The standard InChI is InChI=1S/C28H37N3O4/c1-20(25-9-8-21(2)35-25)10-13-29-14-11-28(12-15-29)26(32)31(27(33)30(28)16-17-34-3)24-18-22-6-4-5-7-23(22)19-24/h4-9,20,24H,10-19H2,1-3H3. The fraction of sp³-hybridized carbons (Fsp3) is 0.571. The summed E-state index contributed by atoms with van der Waals surface area (Å²) in [5.74, 6) is 2.33. The molecule has 3 amide bonds. The molecule has 1 unspecified atom stereocenters. The molecule has 5 rings (SSSR count). The normalized spacial score (nSPS) is 21.3. The predicted octanol–water partition coefficient (Wildman–Crippen LogP) is 3.99. The number of hydrogen-bond donors (Lipinski definition) is 0. The van der Waals surface area contributed by atoms with Crippen molar-refractivity contribution in [1.82, 2.24) is 14.7 Å². The molecule has 1 aromatic heterocycles. The van der Waals surface area contributed by atoms with E-state index in [9.17, 15) is 9.59 Å². The van der Waals surface area contributed by atoms with Crippen LogP contribution in [0, 0.1) is 6.92 Å². The topological polar surface area (TPSA) is 66.2 Å². The van der Waals surface area contributed by atoms with Crippen molar-refractivity contribution in [3.63, 3.8) is 0 Å². The summed E-state index contributed by atoms with van der Waals surface area (Å²) in [5, 5.41) is 0. The van der Waals surface area contributed by atoms with Gasteiger partial charge in [-0.3, -0.25) is 9.69 Å². The molecule has 2 aliphatic heterocycles. The minimum absolute atomic E-state index is 0.00418. The lowest BCUT2D eigenvalue weighted by molar-refractivity contribution is -0.137. The number of carbonyl (C=O) groups excluding carboxylic acids is 2. The van der Waals surface area contributed by atoms with Gasteiger partial charge in [0.2, 0.25) is 0 Å². The molecule has 188 valence electrons. The van der Waals surface area contributed by atoms with Gasteiger partial charge in [-0.05, 0) is 68.8 Å². The van der Waals surface area contributed by atoms with Crippen LogP contribution in [0.4, 0.5) is 4.79 Å². The summed E-state index contributed by atoms with van der Waals surface area (Å²) in [6.45, 7) is 7.64. The third-order valence-electron chi connectivity index (χ3n) is 8.29. The smallest absolute Gasteiger partial charge is 0.328 e. The third kappa shape index (κ3) is 4.40. The van der Waals surface area contributed by atoms with Crippen molar-refractivity contribution in [2.45, 2.75) is 63.5 Å². The van der Waals surface area contributed by atoms with E-state index in [1.165, 1.54) is 11.1 Å². The van der Waals surface area contributed by atoms with Crippen LogP contribution in [0.25, 0.3) is 0 Å². The van der Waals surface area contributed by atoms with Crippen molar-refractivity contribution in [2.75, 3.05) is 39.9 Å². The first-order valence-electron chi connectivity index (χ1n) is 12.9. The molecule has 35 heavy (non-hydrogen) atoms. The van der Waals surface area contributed by atoms with Crippen LogP contribution in [0.5, 0.6) is 0 Å². The van der Waals surface area contributed by atoms with Crippen molar-refractivity contribution in [3.05, 3.63) is 59.0 Å². The Hall–Kier alpha value is -2.64. The van der Waals surface area contributed by atoms with Crippen molar-refractivity contribution in [2.24, 2.45) is 0 Å². The van der Waals surface area contributed by atoms with Gasteiger partial charge in [-0.25, -0.2) is 4.79 Å². The molecule has 2 aromatic rings. The lowest BCUT2D eigenvalue weighted by Gasteiger charge is -2.42. The second kappa shape index (κ2) is 9.78. The van der Waals surface area contributed by atoms with Gasteiger partial charge in [0.05, 0.1) is 6.61 Å². The highest BCUT2D eigenvalue weighted by Gasteiger charge is 2.59. The van der Waals surface area contributed by atoms with E-state index in [1.54, 1.807) is 12.0 Å². The predicted molar refractivity (Wildman–Crippen MR) is 133 cm³/mol. The first-order chi connectivity index (χ1) is 16.9. The first kappa shape index (κ1) is 24.1. The third-order valence-corrected chi connectivity index (χ3v) is 8.29. The van der Waals surface area contributed by atoms with E-state index < -0.39 is 5.54 Å². The summed E-state index contributed by atoms with van der Waals surface area (Å²) in [7, 11) is 1.64. The Morgan fingerprint density at radius 3 is 2.34 bits per heavy atom. The van der Waals surface area contributed by atoms with Crippen LogP contribution < -0.4 is 0 Å². The number of imide groups is 1. The van der Waals surface area contributed by atoms with Gasteiger partial charge in [0.15, 0.2) is 0 Å². The Labute approximate surface area is 208 Å². The van der Waals surface area contributed by atoms with E-state index in [0.29, 0.717) is 31.9 Å². The maximum absolute atomic E-state index is 14.0. The van der Waals surface area contributed by atoms with Gasteiger partial charge in [-0.2, -0.15) is 0 Å². The summed E-state index contributed by atoms with van der Waals surface area (Å²) >= 11 is 0. The molecular formula is C28H37N3O4. The van der Waals surface area contributed by atoms with E-state index in [4.69, 9.17) is 9.15 Å². The van der Waals surface area contributed by atoms with Crippen LogP contribution in [-0.4, -0.2) is 78.1 Å². The maximum atomic E-state index is 14.0. The van der Waals surface area contributed by atoms with E-state index in [0.717, 1.165) is 50.4 Å². The summed E-state index contributed by atoms with van der Waals surface area (Å²) < 4.78 is 11.1. The molecule has 1 atom stereocenters. The van der Waals surface area contributed by atoms with Gasteiger partial charge in [-0.15, -0.1) is 0 Å². The minimum Gasteiger partial charge on any atom is -0.466 e. The van der Waals surface area contributed by atoms with Gasteiger partial charge in [0.1, 0.15) is 17.1 Å². The Morgan fingerprint density at radius 1 is 1.06 bits per heavy atom. The molecule has 2 saturated heterocycles. The van der Waals surface area contributed by atoms with Crippen LogP contribution in [0.1, 0.15) is 54.8 Å². The summed E-state index contributed by atoms with van der Waals surface area (Å²) in [6.07, 6.45) is 3.85. The largest absolute Gasteiger partial charge is 0.466 e. The Kier molecular flexibility index (Phi) is 6.73. The first-order valence-corrected chi connectivity index (χ1v) is 12.9. The number of nitrogens with zero attached hydrogens (tertiary/aromatic N) is 3. The molecule has 0 bridgehead atoms. The number of furan rings is 1. The molecular weight excluding hydrogens is 442 g/mol. The number of hydrogen-bond acceptors (Lipinski definition) is 5. The molecule has 0 saturated carbocycles. The van der Waals surface area contributed by atoms with Gasteiger partial charge < -0.3 is 19.0 Å². The van der Waals surface area contributed by atoms with E-state index in [1.807, 2.05) is 30.0 Å². The Morgan fingerprint density at radius 2 is 1.74 bits per heavy atom. The molecule has 1 spiro atoms. The minimum atomic E-state index is -0.745. The van der Waals surface area contributed by atoms with Crippen molar-refractivity contribution in [1.29, 1.82) is 0 Å². The van der Waals surface area contributed by atoms with Crippen molar-refractivity contribution in [3.8, 4) is 0 Å². The molecule has 2 fully saturated rings. The number of urea groups is 1. The Bertz CT molecular complexity index is 1050. The number of benzene rings is 1. The van der Waals surface area contributed by atoms with Crippen LogP contribution in [0.2, 0.25) is 0 Å². The quantitative estimate of drug-likeness (QED) is 0.536. The number of ether oxygens (including phenoxy) is 1. The lowest BCUT2D eigenvalue weighted by atomic mass is 9.85. The summed E-state index contributed by atoms with van der Waals surface area (Å²) in [6, 6.07) is 12.1. The number of fused-ring (bicyclic) bond motifs is 1. The van der Waals surface area contributed by atoms with Crippen LogP contribution in [0.15, 0.2) is 40.8 Å². The lowest BCUT2D eigenvalue weighted by Crippen LogP contribution is -2.57.